The van der Waals surface area contributed by atoms with E-state index in [-0.39, 0.29) is 11.5 Å². The fraction of sp³-hybridized carbons (Fsp3) is 0.308. The van der Waals surface area contributed by atoms with E-state index in [0.29, 0.717) is 13.1 Å². The molecule has 1 aliphatic heterocycles. The molecule has 1 saturated heterocycles. The van der Waals surface area contributed by atoms with Crippen LogP contribution in [0.4, 0.5) is 5.82 Å². The molecule has 0 bridgehead atoms. The summed E-state index contributed by atoms with van der Waals surface area (Å²) in [6, 6.07) is 18.5. The maximum Gasteiger partial charge on any atom is 0.152 e. The molecule has 4 aromatic rings. The summed E-state index contributed by atoms with van der Waals surface area (Å²) in [4.78, 5) is 11.7. The highest BCUT2D eigenvalue weighted by molar-refractivity contribution is 7.91. The van der Waals surface area contributed by atoms with Crippen LogP contribution in [0.15, 0.2) is 67.0 Å². The normalized spacial score (nSPS) is 16.0. The summed E-state index contributed by atoms with van der Waals surface area (Å²) >= 11 is 0. The first-order valence-corrected chi connectivity index (χ1v) is 13.5. The smallest absolute Gasteiger partial charge is 0.152 e. The predicted molar refractivity (Wildman–Crippen MR) is 137 cm³/mol. The zero-order chi connectivity index (χ0) is 23.5. The zero-order valence-corrected chi connectivity index (χ0v) is 20.1. The third kappa shape index (κ3) is 4.83. The average Bonchev–Trinajstić information content (AvgIpc) is 3.23. The molecule has 0 atom stereocenters. The molecule has 1 aliphatic rings. The number of hydrogen-bond acceptors (Lipinski definition) is 6. The molecule has 0 saturated carbocycles. The van der Waals surface area contributed by atoms with E-state index in [2.05, 4.69) is 50.2 Å². The van der Waals surface area contributed by atoms with Crippen LogP contribution in [0, 0.1) is 0 Å². The molecule has 3 aromatic heterocycles. The second-order valence-electron chi connectivity index (χ2n) is 8.71. The van der Waals surface area contributed by atoms with Crippen LogP contribution in [0.5, 0.6) is 0 Å². The molecule has 5 rings (SSSR count). The van der Waals surface area contributed by atoms with Gasteiger partial charge in [0.25, 0.3) is 0 Å². The van der Waals surface area contributed by atoms with Gasteiger partial charge < -0.3 is 14.8 Å². The topological polar surface area (TPSA) is 80.1 Å². The monoisotopic (exact) mass is 475 g/mol. The van der Waals surface area contributed by atoms with Gasteiger partial charge in [0.1, 0.15) is 11.5 Å². The summed E-state index contributed by atoms with van der Waals surface area (Å²) in [6.45, 7) is 2.18. The van der Waals surface area contributed by atoms with E-state index in [9.17, 15) is 8.42 Å². The predicted octanol–water partition coefficient (Wildman–Crippen LogP) is 3.79. The molecule has 1 aromatic carbocycles. The molecule has 8 heteroatoms. The molecule has 7 nitrogen and oxygen atoms in total. The average molecular weight is 476 g/mol. The van der Waals surface area contributed by atoms with Crippen LogP contribution in [0.1, 0.15) is 12.0 Å². The van der Waals surface area contributed by atoms with Crippen molar-refractivity contribution in [1.82, 2.24) is 19.4 Å². The fourth-order valence-electron chi connectivity index (χ4n) is 4.47. The summed E-state index contributed by atoms with van der Waals surface area (Å²) in [5.74, 6) is 1.38. The summed E-state index contributed by atoms with van der Waals surface area (Å²) in [6.07, 6.45) is 5.93. The van der Waals surface area contributed by atoms with Gasteiger partial charge in [0.05, 0.1) is 17.2 Å². The van der Waals surface area contributed by atoms with Crippen LogP contribution in [0.2, 0.25) is 0 Å². The van der Waals surface area contributed by atoms with Crippen LogP contribution in [0.3, 0.4) is 0 Å². The molecule has 176 valence electrons. The van der Waals surface area contributed by atoms with Crippen LogP contribution in [-0.2, 0) is 16.3 Å². The number of para-hydroxylation sites is 1. The largest absolute Gasteiger partial charge is 0.373 e. The van der Waals surface area contributed by atoms with E-state index in [1.165, 1.54) is 5.56 Å². The fourth-order valence-corrected chi connectivity index (χ4v) is 5.75. The summed E-state index contributed by atoms with van der Waals surface area (Å²) < 4.78 is 25.6. The maximum atomic E-state index is 11.7. The minimum absolute atomic E-state index is 0.275. The van der Waals surface area contributed by atoms with E-state index in [1.54, 1.807) is 0 Å². The Balaban J connectivity index is 1.42. The van der Waals surface area contributed by atoms with E-state index in [4.69, 9.17) is 4.98 Å². The minimum atomic E-state index is -2.84. The van der Waals surface area contributed by atoms with E-state index >= 15 is 0 Å². The van der Waals surface area contributed by atoms with Gasteiger partial charge in [-0.3, -0.25) is 0 Å². The number of nitrogens with zero attached hydrogens (tertiary/aromatic N) is 4. The molecule has 0 aliphatic carbocycles. The Morgan fingerprint density at radius 1 is 1.00 bits per heavy atom. The lowest BCUT2D eigenvalue weighted by Crippen LogP contribution is -2.40. The van der Waals surface area contributed by atoms with Gasteiger partial charge in [-0.1, -0.05) is 18.2 Å². The highest BCUT2D eigenvalue weighted by atomic mass is 32.2. The Bertz CT molecular complexity index is 1370. The number of nitrogens with one attached hydrogen (secondary N) is 1. The molecule has 0 spiro atoms. The molecule has 0 unspecified atom stereocenters. The number of hydrogen-bond donors (Lipinski definition) is 1. The standard InChI is InChI=1S/C26H29N5O2S/c1-27-25-12-9-20(18-28-25)24-11-10-23-21(6-5-13-30-14-16-34(32,33)17-15-30)19-31(26(23)29-24)22-7-3-2-4-8-22/h2-4,7-12,18-19H,5-6,13-17H2,1H3,(H,27,28). The lowest BCUT2D eigenvalue weighted by atomic mass is 10.1. The molecule has 0 amide bonds. The van der Waals surface area contributed by atoms with Gasteiger partial charge in [-0.05, 0) is 61.3 Å². The molecule has 34 heavy (non-hydrogen) atoms. The van der Waals surface area contributed by atoms with E-state index in [0.717, 1.165) is 53.2 Å². The van der Waals surface area contributed by atoms with Crippen LogP contribution in [0.25, 0.3) is 28.0 Å². The number of benzene rings is 1. The first kappa shape index (κ1) is 22.6. The Morgan fingerprint density at radius 3 is 2.50 bits per heavy atom. The lowest BCUT2D eigenvalue weighted by molar-refractivity contribution is 0.292. The number of rotatable bonds is 7. The van der Waals surface area contributed by atoms with Crippen molar-refractivity contribution in [1.29, 1.82) is 0 Å². The zero-order valence-electron chi connectivity index (χ0n) is 19.3. The first-order chi connectivity index (χ1) is 16.5. The van der Waals surface area contributed by atoms with Crippen molar-refractivity contribution >= 4 is 26.7 Å². The quantitative estimate of drug-likeness (QED) is 0.438. The summed E-state index contributed by atoms with van der Waals surface area (Å²) in [5, 5.41) is 4.19. The molecular formula is C26H29N5O2S. The molecular weight excluding hydrogens is 446 g/mol. The van der Waals surface area contributed by atoms with Crippen molar-refractivity contribution < 1.29 is 8.42 Å². The molecule has 0 radical (unpaired) electrons. The van der Waals surface area contributed by atoms with Gasteiger partial charge in [0.15, 0.2) is 9.84 Å². The SMILES string of the molecule is CNc1ccc(-c2ccc3c(CCCN4CCS(=O)(=O)CC4)cn(-c4ccccc4)c3n2)cn1. The number of pyridine rings is 2. The van der Waals surface area contributed by atoms with Crippen molar-refractivity contribution in [3.8, 4) is 16.9 Å². The first-order valence-electron chi connectivity index (χ1n) is 11.7. The Hall–Kier alpha value is -3.23. The van der Waals surface area contributed by atoms with Gasteiger partial charge >= 0.3 is 0 Å². The van der Waals surface area contributed by atoms with Crippen LogP contribution in [-0.4, -0.2) is 66.0 Å². The molecule has 1 fully saturated rings. The molecule has 4 heterocycles. The van der Waals surface area contributed by atoms with Gasteiger partial charge in [-0.2, -0.15) is 0 Å². The number of aryl methyl sites for hydroxylation is 1. The van der Waals surface area contributed by atoms with Crippen molar-refractivity contribution in [2.24, 2.45) is 0 Å². The number of anilines is 1. The summed E-state index contributed by atoms with van der Waals surface area (Å²) in [5.41, 5.74) is 5.13. The van der Waals surface area contributed by atoms with E-state index in [1.807, 2.05) is 43.6 Å². The van der Waals surface area contributed by atoms with Crippen molar-refractivity contribution in [3.05, 3.63) is 72.6 Å². The van der Waals surface area contributed by atoms with Crippen molar-refractivity contribution in [2.45, 2.75) is 12.8 Å². The highest BCUT2D eigenvalue weighted by Gasteiger charge is 2.21. The van der Waals surface area contributed by atoms with Gasteiger partial charge in [0.2, 0.25) is 0 Å². The van der Waals surface area contributed by atoms with Crippen LogP contribution < -0.4 is 5.32 Å². The Labute approximate surface area is 200 Å². The highest BCUT2D eigenvalue weighted by Crippen LogP contribution is 2.28. The third-order valence-electron chi connectivity index (χ3n) is 6.44. The maximum absolute atomic E-state index is 11.7. The minimum Gasteiger partial charge on any atom is -0.373 e. The number of fused-ring (bicyclic) bond motifs is 1. The Morgan fingerprint density at radius 2 is 1.79 bits per heavy atom. The van der Waals surface area contributed by atoms with Gasteiger partial charge in [-0.25, -0.2) is 18.4 Å². The van der Waals surface area contributed by atoms with Gasteiger partial charge in [0, 0.05) is 49.2 Å². The third-order valence-corrected chi connectivity index (χ3v) is 8.05. The Kier molecular flexibility index (Phi) is 6.34. The number of sulfone groups is 1. The van der Waals surface area contributed by atoms with E-state index < -0.39 is 9.84 Å². The lowest BCUT2D eigenvalue weighted by Gasteiger charge is -2.26. The van der Waals surface area contributed by atoms with Crippen molar-refractivity contribution in [2.75, 3.05) is 43.5 Å². The second kappa shape index (κ2) is 9.56. The summed E-state index contributed by atoms with van der Waals surface area (Å²) in [7, 11) is -0.986. The molecule has 1 N–H and O–H groups in total. The van der Waals surface area contributed by atoms with Crippen LogP contribution >= 0.6 is 0 Å². The number of aromatic nitrogens is 3. The van der Waals surface area contributed by atoms with Crippen molar-refractivity contribution in [3.63, 3.8) is 0 Å². The van der Waals surface area contributed by atoms with Gasteiger partial charge in [-0.15, -0.1) is 0 Å². The second-order valence-corrected chi connectivity index (χ2v) is 11.0.